The van der Waals surface area contributed by atoms with Gasteiger partial charge in [-0.25, -0.2) is 9.78 Å². The average molecular weight is 380 g/mol. The molecule has 1 saturated carbocycles. The van der Waals surface area contributed by atoms with Crippen LogP contribution in [0.3, 0.4) is 0 Å². The molecule has 1 fully saturated rings. The molecular weight excluding hydrogens is 360 g/mol. The lowest BCUT2D eigenvalue weighted by Crippen LogP contribution is -2.32. The molecule has 0 atom stereocenters. The van der Waals surface area contributed by atoms with E-state index in [4.69, 9.17) is 4.74 Å². The molecule has 8 heteroatoms. The lowest BCUT2D eigenvalue weighted by molar-refractivity contribution is 0.0773. The minimum absolute atomic E-state index is 0.0683. The van der Waals surface area contributed by atoms with Crippen molar-refractivity contribution >= 4 is 16.9 Å². The molecule has 1 aromatic carbocycles. The fraction of sp³-hybridized carbons (Fsp3) is 0.300. The number of amides is 1. The van der Waals surface area contributed by atoms with Crippen molar-refractivity contribution in [3.63, 3.8) is 0 Å². The van der Waals surface area contributed by atoms with E-state index in [1.807, 2.05) is 30.3 Å². The second kappa shape index (κ2) is 7.30. The highest BCUT2D eigenvalue weighted by molar-refractivity contribution is 5.96. The molecule has 0 unspecified atom stereocenters. The molecule has 0 bridgehead atoms. The molecule has 0 radical (unpaired) electrons. The van der Waals surface area contributed by atoms with Gasteiger partial charge in [-0.15, -0.1) is 0 Å². The summed E-state index contributed by atoms with van der Waals surface area (Å²) in [5, 5.41) is 0.242. The smallest absolute Gasteiger partial charge is 0.330 e. The Labute approximate surface area is 160 Å². The van der Waals surface area contributed by atoms with Crippen molar-refractivity contribution in [2.75, 3.05) is 20.2 Å². The standard InChI is InChI=1S/C20H20N4O4/c1-23(9-10-28-15-5-3-2-4-6-15)19(26)13-11-16-17(21-12-13)24(14-7-8-14)20(27)22-18(16)25/h2-6,11-12,14H,7-10H2,1H3,(H,22,25,27). The fourth-order valence-corrected chi connectivity index (χ4v) is 3.07. The zero-order valence-electron chi connectivity index (χ0n) is 15.4. The van der Waals surface area contributed by atoms with Crippen LogP contribution in [0.25, 0.3) is 11.0 Å². The predicted octanol–water partition coefficient (Wildman–Crippen LogP) is 1.57. The van der Waals surface area contributed by atoms with Crippen LogP contribution < -0.4 is 16.0 Å². The molecular formula is C20H20N4O4. The summed E-state index contributed by atoms with van der Waals surface area (Å²) >= 11 is 0. The highest BCUT2D eigenvalue weighted by Gasteiger charge is 2.28. The van der Waals surface area contributed by atoms with E-state index in [-0.39, 0.29) is 17.3 Å². The van der Waals surface area contributed by atoms with Gasteiger partial charge in [0, 0.05) is 19.3 Å². The molecule has 2 aromatic heterocycles. The Bertz CT molecular complexity index is 1130. The summed E-state index contributed by atoms with van der Waals surface area (Å²) in [5.41, 5.74) is -0.375. The Morgan fingerprint density at radius 3 is 2.75 bits per heavy atom. The number of nitrogens with one attached hydrogen (secondary N) is 1. The lowest BCUT2D eigenvalue weighted by atomic mass is 10.2. The van der Waals surface area contributed by atoms with Crippen molar-refractivity contribution in [2.45, 2.75) is 18.9 Å². The summed E-state index contributed by atoms with van der Waals surface area (Å²) in [6.07, 6.45) is 3.18. The van der Waals surface area contributed by atoms with Crippen molar-refractivity contribution in [1.82, 2.24) is 19.4 Å². The molecule has 0 saturated heterocycles. The van der Waals surface area contributed by atoms with Crippen LogP contribution in [0.1, 0.15) is 29.2 Å². The number of fused-ring (bicyclic) bond motifs is 1. The minimum Gasteiger partial charge on any atom is -0.492 e. The number of likely N-dealkylation sites (N-methyl/N-ethyl adjacent to an activating group) is 1. The summed E-state index contributed by atoms with van der Waals surface area (Å²) in [6, 6.07) is 10.9. The number of benzene rings is 1. The molecule has 4 rings (SSSR count). The van der Waals surface area contributed by atoms with Gasteiger partial charge in [0.1, 0.15) is 18.0 Å². The van der Waals surface area contributed by atoms with Gasteiger partial charge in [0.25, 0.3) is 11.5 Å². The van der Waals surface area contributed by atoms with E-state index in [2.05, 4.69) is 9.97 Å². The summed E-state index contributed by atoms with van der Waals surface area (Å²) in [5.74, 6) is 0.468. The number of ether oxygens (including phenoxy) is 1. The zero-order valence-corrected chi connectivity index (χ0v) is 15.4. The number of aromatic amines is 1. The van der Waals surface area contributed by atoms with Crippen LogP contribution in [-0.4, -0.2) is 45.5 Å². The summed E-state index contributed by atoms with van der Waals surface area (Å²) in [6.45, 7) is 0.721. The number of hydrogen-bond acceptors (Lipinski definition) is 5. The number of para-hydroxylation sites is 1. The number of carbonyl (C=O) groups is 1. The van der Waals surface area contributed by atoms with Crippen LogP contribution in [0.15, 0.2) is 52.2 Å². The van der Waals surface area contributed by atoms with Gasteiger partial charge in [-0.2, -0.15) is 0 Å². The largest absolute Gasteiger partial charge is 0.492 e. The number of hydrogen-bond donors (Lipinski definition) is 1. The van der Waals surface area contributed by atoms with Crippen LogP contribution >= 0.6 is 0 Å². The molecule has 1 aliphatic carbocycles. The second-order valence-electron chi connectivity index (χ2n) is 6.84. The Kier molecular flexibility index (Phi) is 4.68. The molecule has 0 spiro atoms. The van der Waals surface area contributed by atoms with Gasteiger partial charge in [-0.05, 0) is 31.0 Å². The zero-order chi connectivity index (χ0) is 19.7. The average Bonchev–Trinajstić information content (AvgIpc) is 3.53. The predicted molar refractivity (Wildman–Crippen MR) is 104 cm³/mol. The van der Waals surface area contributed by atoms with Gasteiger partial charge < -0.3 is 9.64 Å². The number of aromatic nitrogens is 3. The van der Waals surface area contributed by atoms with E-state index < -0.39 is 11.2 Å². The molecule has 0 aliphatic heterocycles. The molecule has 2 heterocycles. The topological polar surface area (TPSA) is 97.3 Å². The first-order chi connectivity index (χ1) is 13.5. The van der Waals surface area contributed by atoms with E-state index in [1.165, 1.54) is 21.7 Å². The van der Waals surface area contributed by atoms with E-state index in [0.717, 1.165) is 18.6 Å². The number of H-pyrrole nitrogens is 1. The summed E-state index contributed by atoms with van der Waals surface area (Å²) in [7, 11) is 1.66. The van der Waals surface area contributed by atoms with Crippen LogP contribution in [-0.2, 0) is 0 Å². The summed E-state index contributed by atoms with van der Waals surface area (Å²) < 4.78 is 7.11. The number of nitrogens with zero attached hydrogens (tertiary/aromatic N) is 3. The maximum Gasteiger partial charge on any atom is 0.330 e. The van der Waals surface area contributed by atoms with Gasteiger partial charge >= 0.3 is 5.69 Å². The Hall–Kier alpha value is -3.42. The number of rotatable bonds is 6. The highest BCUT2D eigenvalue weighted by atomic mass is 16.5. The second-order valence-corrected chi connectivity index (χ2v) is 6.84. The first-order valence-corrected chi connectivity index (χ1v) is 9.12. The Morgan fingerprint density at radius 1 is 1.29 bits per heavy atom. The monoisotopic (exact) mass is 380 g/mol. The SMILES string of the molecule is CN(CCOc1ccccc1)C(=O)c1cnc2c(c1)c(=O)[nH]c(=O)n2C1CC1. The molecule has 28 heavy (non-hydrogen) atoms. The minimum atomic E-state index is -0.533. The molecule has 1 N–H and O–H groups in total. The van der Waals surface area contributed by atoms with Crippen molar-refractivity contribution in [2.24, 2.45) is 0 Å². The van der Waals surface area contributed by atoms with Crippen molar-refractivity contribution in [1.29, 1.82) is 0 Å². The van der Waals surface area contributed by atoms with Crippen LogP contribution in [0, 0.1) is 0 Å². The van der Waals surface area contributed by atoms with E-state index in [0.29, 0.717) is 24.4 Å². The van der Waals surface area contributed by atoms with Crippen molar-refractivity contribution < 1.29 is 9.53 Å². The first kappa shape index (κ1) is 18.0. The van der Waals surface area contributed by atoms with E-state index >= 15 is 0 Å². The highest BCUT2D eigenvalue weighted by Crippen LogP contribution is 2.34. The van der Waals surface area contributed by atoms with Gasteiger partial charge in [0.2, 0.25) is 0 Å². The van der Waals surface area contributed by atoms with E-state index in [9.17, 15) is 14.4 Å². The van der Waals surface area contributed by atoms with E-state index in [1.54, 1.807) is 7.05 Å². The molecule has 1 aliphatic rings. The number of pyridine rings is 1. The van der Waals surface area contributed by atoms with Crippen molar-refractivity contribution in [3.05, 3.63) is 69.0 Å². The Balaban J connectivity index is 1.52. The lowest BCUT2D eigenvalue weighted by Gasteiger charge is -2.18. The van der Waals surface area contributed by atoms with Gasteiger partial charge in [0.15, 0.2) is 0 Å². The first-order valence-electron chi connectivity index (χ1n) is 9.12. The molecule has 1 amide bonds. The van der Waals surface area contributed by atoms with Crippen LogP contribution in [0.5, 0.6) is 5.75 Å². The third-order valence-electron chi connectivity index (χ3n) is 4.72. The van der Waals surface area contributed by atoms with Gasteiger partial charge in [-0.3, -0.25) is 19.1 Å². The maximum atomic E-state index is 12.7. The van der Waals surface area contributed by atoms with Crippen LogP contribution in [0.4, 0.5) is 0 Å². The maximum absolute atomic E-state index is 12.7. The molecule has 144 valence electrons. The molecule has 3 aromatic rings. The normalized spacial score (nSPS) is 13.5. The van der Waals surface area contributed by atoms with Crippen LogP contribution in [0.2, 0.25) is 0 Å². The third kappa shape index (κ3) is 3.53. The quantitative estimate of drug-likeness (QED) is 0.700. The third-order valence-corrected chi connectivity index (χ3v) is 4.72. The van der Waals surface area contributed by atoms with Gasteiger partial charge in [0.05, 0.1) is 17.5 Å². The Morgan fingerprint density at radius 2 is 2.04 bits per heavy atom. The number of carbonyl (C=O) groups excluding carboxylic acids is 1. The molecule has 8 nitrogen and oxygen atoms in total. The summed E-state index contributed by atoms with van der Waals surface area (Å²) in [4.78, 5) is 45.1. The fourth-order valence-electron chi connectivity index (χ4n) is 3.07. The van der Waals surface area contributed by atoms with Crippen molar-refractivity contribution in [3.8, 4) is 5.75 Å². The van der Waals surface area contributed by atoms with Gasteiger partial charge in [-0.1, -0.05) is 18.2 Å².